The summed E-state index contributed by atoms with van der Waals surface area (Å²) in [6, 6.07) is 23.3. The van der Waals surface area contributed by atoms with Crippen molar-refractivity contribution in [3.05, 3.63) is 83.7 Å². The standard InChI is InChI=1S/C26H23N3O3S/c30-24(23-11-6-14-29(23)26(31)32-16-18-7-2-1-3-8-18)28-25-27-22(17-33-25)21-13-12-19-9-4-5-10-20(19)15-21/h1-5,7-10,12-13,15,17,23H,6,11,14,16H2,(H,27,28,30)/t23-/m0/s1. The first-order valence-electron chi connectivity index (χ1n) is 10.9. The number of hydrogen-bond donors (Lipinski definition) is 1. The van der Waals surface area contributed by atoms with Gasteiger partial charge in [0.05, 0.1) is 5.69 Å². The van der Waals surface area contributed by atoms with Crippen LogP contribution in [0.5, 0.6) is 0 Å². The van der Waals surface area contributed by atoms with Crippen LogP contribution in [0.4, 0.5) is 9.93 Å². The van der Waals surface area contributed by atoms with Gasteiger partial charge in [-0.3, -0.25) is 9.69 Å². The lowest BCUT2D eigenvalue weighted by Crippen LogP contribution is -2.43. The summed E-state index contributed by atoms with van der Waals surface area (Å²) in [6.07, 6.45) is 0.904. The van der Waals surface area contributed by atoms with Gasteiger partial charge in [0.15, 0.2) is 5.13 Å². The van der Waals surface area contributed by atoms with Crippen molar-refractivity contribution in [2.24, 2.45) is 0 Å². The fourth-order valence-electron chi connectivity index (χ4n) is 4.06. The molecule has 3 aromatic carbocycles. The molecule has 0 aliphatic carbocycles. The van der Waals surface area contributed by atoms with E-state index in [2.05, 4.69) is 34.6 Å². The molecule has 166 valence electrons. The third kappa shape index (κ3) is 4.73. The molecule has 0 spiro atoms. The number of likely N-dealkylation sites (tertiary alicyclic amines) is 1. The van der Waals surface area contributed by atoms with E-state index >= 15 is 0 Å². The van der Waals surface area contributed by atoms with Gasteiger partial charge in [-0.2, -0.15) is 0 Å². The maximum absolute atomic E-state index is 12.9. The van der Waals surface area contributed by atoms with Gasteiger partial charge in [-0.25, -0.2) is 9.78 Å². The molecule has 1 saturated heterocycles. The molecule has 33 heavy (non-hydrogen) atoms. The minimum atomic E-state index is -0.554. The second-order valence-electron chi connectivity index (χ2n) is 7.98. The van der Waals surface area contributed by atoms with E-state index < -0.39 is 12.1 Å². The summed E-state index contributed by atoms with van der Waals surface area (Å²) < 4.78 is 5.43. The van der Waals surface area contributed by atoms with E-state index in [1.807, 2.05) is 53.9 Å². The molecule has 2 heterocycles. The number of amides is 2. The lowest BCUT2D eigenvalue weighted by molar-refractivity contribution is -0.120. The lowest BCUT2D eigenvalue weighted by atomic mass is 10.1. The summed E-state index contributed by atoms with van der Waals surface area (Å²) in [7, 11) is 0. The van der Waals surface area contributed by atoms with E-state index in [-0.39, 0.29) is 12.5 Å². The van der Waals surface area contributed by atoms with Gasteiger partial charge in [-0.05, 0) is 35.2 Å². The fraction of sp³-hybridized carbons (Fsp3) is 0.192. The zero-order chi connectivity index (χ0) is 22.6. The SMILES string of the molecule is O=C(Nc1nc(-c2ccc3ccccc3c2)cs1)[C@@H]1CCCN1C(=O)OCc1ccccc1. The predicted octanol–water partition coefficient (Wildman–Crippen LogP) is 5.70. The Hall–Kier alpha value is -3.71. The Kier molecular flexibility index (Phi) is 6.04. The monoisotopic (exact) mass is 457 g/mol. The number of hydrogen-bond acceptors (Lipinski definition) is 5. The summed E-state index contributed by atoms with van der Waals surface area (Å²) in [6.45, 7) is 0.692. The number of ether oxygens (including phenoxy) is 1. The summed E-state index contributed by atoms with van der Waals surface area (Å²) in [5.41, 5.74) is 2.72. The molecule has 2 amide bonds. The predicted molar refractivity (Wildman–Crippen MR) is 130 cm³/mol. The van der Waals surface area contributed by atoms with E-state index in [0.29, 0.717) is 18.1 Å². The first-order chi connectivity index (χ1) is 16.2. The Balaban J connectivity index is 1.23. The molecule has 0 saturated carbocycles. The number of aromatic nitrogens is 1. The second-order valence-corrected chi connectivity index (χ2v) is 8.84. The van der Waals surface area contributed by atoms with Crippen LogP contribution in [0.15, 0.2) is 78.2 Å². The zero-order valence-corrected chi connectivity index (χ0v) is 18.8. The van der Waals surface area contributed by atoms with Gasteiger partial charge in [0.25, 0.3) is 0 Å². The molecule has 0 unspecified atom stereocenters. The Morgan fingerprint density at radius 3 is 2.67 bits per heavy atom. The summed E-state index contributed by atoms with van der Waals surface area (Å²) >= 11 is 1.38. The van der Waals surface area contributed by atoms with Gasteiger partial charge in [-0.15, -0.1) is 11.3 Å². The van der Waals surface area contributed by atoms with Crippen LogP contribution < -0.4 is 5.32 Å². The smallest absolute Gasteiger partial charge is 0.410 e. The lowest BCUT2D eigenvalue weighted by Gasteiger charge is -2.22. The second kappa shape index (κ2) is 9.42. The summed E-state index contributed by atoms with van der Waals surface area (Å²) in [5, 5.41) is 7.66. The number of rotatable bonds is 5. The number of benzene rings is 3. The van der Waals surface area contributed by atoms with Gasteiger partial charge in [0.2, 0.25) is 5.91 Å². The van der Waals surface area contributed by atoms with Crippen molar-refractivity contribution >= 4 is 39.2 Å². The van der Waals surface area contributed by atoms with Crippen molar-refractivity contribution in [2.75, 3.05) is 11.9 Å². The highest BCUT2D eigenvalue weighted by atomic mass is 32.1. The third-order valence-electron chi connectivity index (χ3n) is 5.77. The van der Waals surface area contributed by atoms with Crippen molar-refractivity contribution in [1.29, 1.82) is 0 Å². The Morgan fingerprint density at radius 1 is 1.03 bits per heavy atom. The number of carbonyl (C=O) groups excluding carboxylic acids is 2. The van der Waals surface area contributed by atoms with E-state index in [1.165, 1.54) is 21.6 Å². The number of nitrogens with one attached hydrogen (secondary N) is 1. The van der Waals surface area contributed by atoms with Gasteiger partial charge in [-0.1, -0.05) is 66.7 Å². The van der Waals surface area contributed by atoms with Crippen LogP contribution in [0, 0.1) is 0 Å². The average molecular weight is 458 g/mol. The number of nitrogens with zero attached hydrogens (tertiary/aromatic N) is 2. The fourth-order valence-corrected chi connectivity index (χ4v) is 4.78. The molecule has 4 aromatic rings. The maximum atomic E-state index is 12.9. The zero-order valence-electron chi connectivity index (χ0n) is 17.9. The molecule has 1 aliphatic heterocycles. The van der Waals surface area contributed by atoms with Crippen molar-refractivity contribution < 1.29 is 14.3 Å². The average Bonchev–Trinajstić information content (AvgIpc) is 3.53. The van der Waals surface area contributed by atoms with Crippen LogP contribution in [0.2, 0.25) is 0 Å². The quantitative estimate of drug-likeness (QED) is 0.417. The molecule has 0 radical (unpaired) electrons. The van der Waals surface area contributed by atoms with Crippen molar-refractivity contribution in [3.63, 3.8) is 0 Å². The minimum Gasteiger partial charge on any atom is -0.445 e. The first-order valence-corrected chi connectivity index (χ1v) is 11.8. The first kappa shape index (κ1) is 21.2. The Morgan fingerprint density at radius 2 is 1.82 bits per heavy atom. The molecular weight excluding hydrogens is 434 g/mol. The normalized spacial score (nSPS) is 15.5. The van der Waals surface area contributed by atoms with Gasteiger partial charge in [0, 0.05) is 17.5 Å². The highest BCUT2D eigenvalue weighted by Gasteiger charge is 2.35. The summed E-state index contributed by atoms with van der Waals surface area (Å²) in [4.78, 5) is 31.6. The maximum Gasteiger partial charge on any atom is 0.410 e. The molecule has 1 aromatic heterocycles. The van der Waals surface area contributed by atoms with E-state index in [0.717, 1.165) is 28.6 Å². The molecule has 1 aliphatic rings. The Labute approximate surface area is 195 Å². The van der Waals surface area contributed by atoms with Crippen LogP contribution >= 0.6 is 11.3 Å². The number of carbonyl (C=O) groups is 2. The topological polar surface area (TPSA) is 71.5 Å². The molecule has 1 fully saturated rings. The molecule has 7 heteroatoms. The third-order valence-corrected chi connectivity index (χ3v) is 6.53. The van der Waals surface area contributed by atoms with Crippen LogP contribution in [-0.2, 0) is 16.1 Å². The molecule has 1 atom stereocenters. The number of anilines is 1. The van der Waals surface area contributed by atoms with Crippen LogP contribution in [-0.4, -0.2) is 34.5 Å². The van der Waals surface area contributed by atoms with Gasteiger partial charge >= 0.3 is 6.09 Å². The van der Waals surface area contributed by atoms with Gasteiger partial charge < -0.3 is 10.1 Å². The largest absolute Gasteiger partial charge is 0.445 e. The highest BCUT2D eigenvalue weighted by Crippen LogP contribution is 2.28. The van der Waals surface area contributed by atoms with E-state index in [4.69, 9.17) is 4.74 Å². The van der Waals surface area contributed by atoms with E-state index in [1.54, 1.807) is 0 Å². The Bertz CT molecular complexity index is 1290. The van der Waals surface area contributed by atoms with Crippen LogP contribution in [0.1, 0.15) is 18.4 Å². The van der Waals surface area contributed by atoms with Crippen molar-refractivity contribution in [3.8, 4) is 11.3 Å². The van der Waals surface area contributed by atoms with Crippen LogP contribution in [0.3, 0.4) is 0 Å². The molecule has 5 rings (SSSR count). The highest BCUT2D eigenvalue weighted by molar-refractivity contribution is 7.14. The minimum absolute atomic E-state index is 0.187. The van der Waals surface area contributed by atoms with Crippen molar-refractivity contribution in [2.45, 2.75) is 25.5 Å². The van der Waals surface area contributed by atoms with E-state index in [9.17, 15) is 9.59 Å². The van der Waals surface area contributed by atoms with Crippen molar-refractivity contribution in [1.82, 2.24) is 9.88 Å². The molecule has 0 bridgehead atoms. The molecular formula is C26H23N3O3S. The number of fused-ring (bicyclic) bond motifs is 1. The van der Waals surface area contributed by atoms with Crippen LogP contribution in [0.25, 0.3) is 22.0 Å². The molecule has 1 N–H and O–H groups in total. The number of thiazole rings is 1. The van der Waals surface area contributed by atoms with Gasteiger partial charge in [0.1, 0.15) is 12.6 Å². The molecule has 6 nitrogen and oxygen atoms in total. The summed E-state index contributed by atoms with van der Waals surface area (Å²) in [5.74, 6) is -0.233.